The number of hydrogen-bond donors (Lipinski definition) is 0. The summed E-state index contributed by atoms with van der Waals surface area (Å²) in [7, 11) is 0. The van der Waals surface area contributed by atoms with Crippen LogP contribution in [0.15, 0.2) is 121 Å². The van der Waals surface area contributed by atoms with Gasteiger partial charge in [-0.25, -0.2) is 4.98 Å². The summed E-state index contributed by atoms with van der Waals surface area (Å²) in [4.78, 5) is 5.20. The van der Waals surface area contributed by atoms with Crippen LogP contribution in [0.4, 0.5) is 0 Å². The third-order valence-electron chi connectivity index (χ3n) is 6.56. The third-order valence-corrected chi connectivity index (χ3v) is 6.56. The van der Waals surface area contributed by atoms with Crippen LogP contribution in [-0.4, -0.2) is 9.55 Å². The van der Waals surface area contributed by atoms with Crippen molar-refractivity contribution < 1.29 is 0 Å². The number of fused-ring (bicyclic) bond motifs is 7. The van der Waals surface area contributed by atoms with Gasteiger partial charge in [0.1, 0.15) is 0 Å². The van der Waals surface area contributed by atoms with Gasteiger partial charge in [-0.1, -0.05) is 91.0 Å². The Kier molecular flexibility index (Phi) is 3.88. The van der Waals surface area contributed by atoms with E-state index < -0.39 is 0 Å². The van der Waals surface area contributed by atoms with E-state index in [9.17, 15) is 0 Å². The molecule has 7 aromatic rings. The maximum atomic E-state index is 5.20. The highest BCUT2D eigenvalue weighted by Gasteiger charge is 2.19. The molecule has 154 valence electrons. The molecule has 0 N–H and O–H groups in total. The topological polar surface area (TPSA) is 17.8 Å². The van der Waals surface area contributed by atoms with E-state index in [0.717, 1.165) is 22.5 Å². The van der Waals surface area contributed by atoms with E-state index in [1.807, 2.05) is 0 Å². The van der Waals surface area contributed by atoms with Crippen LogP contribution in [-0.2, 0) is 0 Å². The van der Waals surface area contributed by atoms with Crippen molar-refractivity contribution in [2.24, 2.45) is 0 Å². The minimum atomic E-state index is 1.02. The van der Waals surface area contributed by atoms with Crippen molar-refractivity contribution in [1.29, 1.82) is 0 Å². The molecule has 0 aliphatic carbocycles. The second-order valence-electron chi connectivity index (χ2n) is 8.41. The summed E-state index contributed by atoms with van der Waals surface area (Å²) >= 11 is 0. The first-order chi connectivity index (χ1) is 16.4. The minimum Gasteiger partial charge on any atom is -0.309 e. The zero-order valence-corrected chi connectivity index (χ0v) is 17.9. The van der Waals surface area contributed by atoms with E-state index in [-0.39, 0.29) is 0 Å². The van der Waals surface area contributed by atoms with Crippen molar-refractivity contribution in [3.05, 3.63) is 121 Å². The fourth-order valence-corrected chi connectivity index (χ4v) is 5.17. The van der Waals surface area contributed by atoms with Gasteiger partial charge in [-0.3, -0.25) is 0 Å². The van der Waals surface area contributed by atoms with Crippen molar-refractivity contribution in [1.82, 2.24) is 9.55 Å². The second-order valence-corrected chi connectivity index (χ2v) is 8.41. The average Bonchev–Trinajstić information content (AvgIpc) is 3.24. The average molecular weight is 421 g/mol. The normalized spacial score (nSPS) is 11.6. The van der Waals surface area contributed by atoms with E-state index in [2.05, 4.69) is 126 Å². The summed E-state index contributed by atoms with van der Waals surface area (Å²) in [6.45, 7) is 0. The van der Waals surface area contributed by atoms with Crippen LogP contribution in [0, 0.1) is 0 Å². The van der Waals surface area contributed by atoms with Crippen LogP contribution in [0.25, 0.3) is 60.4 Å². The van der Waals surface area contributed by atoms with Crippen LogP contribution in [0.1, 0.15) is 0 Å². The molecule has 0 aliphatic heterocycles. The smallest absolute Gasteiger partial charge is 0.0795 e. The van der Waals surface area contributed by atoms with Gasteiger partial charge in [0.2, 0.25) is 0 Å². The molecule has 0 saturated heterocycles. The SMILES string of the molecule is c1ccc(-c2nc3ccccc3c3ccc4c(c5ccccc5n4-c4ccccc4)c23)cc1. The Morgan fingerprint density at radius 2 is 1.12 bits per heavy atom. The minimum absolute atomic E-state index is 1.02. The standard InChI is InChI=1S/C31H20N2/c1-3-11-21(12-4-1)31-30-24(23-15-7-9-17-26(23)32-31)19-20-28-29(30)25-16-8-10-18-27(25)33(28)22-13-5-2-6-14-22/h1-20H. The van der Waals surface area contributed by atoms with Gasteiger partial charge in [-0.2, -0.15) is 0 Å². The molecular formula is C31H20N2. The van der Waals surface area contributed by atoms with Crippen molar-refractivity contribution in [2.45, 2.75) is 0 Å². The summed E-state index contributed by atoms with van der Waals surface area (Å²) < 4.78 is 2.37. The molecule has 5 aromatic carbocycles. The summed E-state index contributed by atoms with van der Waals surface area (Å²) in [6.07, 6.45) is 0. The van der Waals surface area contributed by atoms with Gasteiger partial charge in [-0.15, -0.1) is 0 Å². The second kappa shape index (κ2) is 7.04. The molecular weight excluding hydrogens is 400 g/mol. The van der Waals surface area contributed by atoms with Gasteiger partial charge in [0.15, 0.2) is 0 Å². The van der Waals surface area contributed by atoms with Gasteiger partial charge < -0.3 is 4.57 Å². The van der Waals surface area contributed by atoms with Crippen molar-refractivity contribution >= 4 is 43.5 Å². The van der Waals surface area contributed by atoms with Gasteiger partial charge >= 0.3 is 0 Å². The van der Waals surface area contributed by atoms with Crippen molar-refractivity contribution in [3.8, 4) is 16.9 Å². The fourth-order valence-electron chi connectivity index (χ4n) is 5.17. The molecule has 2 nitrogen and oxygen atoms in total. The predicted octanol–water partition coefficient (Wildman–Crippen LogP) is 8.15. The molecule has 2 heterocycles. The summed E-state index contributed by atoms with van der Waals surface area (Å²) in [5, 5.41) is 6.14. The summed E-state index contributed by atoms with van der Waals surface area (Å²) in [6, 6.07) is 42.9. The Balaban J connectivity index is 1.77. The lowest BCUT2D eigenvalue weighted by atomic mass is 9.96. The lowest BCUT2D eigenvalue weighted by Crippen LogP contribution is -1.94. The van der Waals surface area contributed by atoms with Gasteiger partial charge in [0.25, 0.3) is 0 Å². The molecule has 33 heavy (non-hydrogen) atoms. The van der Waals surface area contributed by atoms with Gasteiger partial charge in [-0.05, 0) is 35.7 Å². The van der Waals surface area contributed by atoms with E-state index in [4.69, 9.17) is 4.98 Å². The summed E-state index contributed by atoms with van der Waals surface area (Å²) in [5.74, 6) is 0. The molecule has 0 atom stereocenters. The van der Waals surface area contributed by atoms with E-state index in [0.29, 0.717) is 0 Å². The monoisotopic (exact) mass is 420 g/mol. The predicted molar refractivity (Wildman–Crippen MR) is 139 cm³/mol. The van der Waals surface area contributed by atoms with Crippen LogP contribution in [0.5, 0.6) is 0 Å². The van der Waals surface area contributed by atoms with E-state index in [1.54, 1.807) is 0 Å². The molecule has 0 bridgehead atoms. The van der Waals surface area contributed by atoms with Crippen LogP contribution in [0.3, 0.4) is 0 Å². The number of hydrogen-bond acceptors (Lipinski definition) is 1. The zero-order chi connectivity index (χ0) is 21.8. The van der Waals surface area contributed by atoms with Crippen molar-refractivity contribution in [2.75, 3.05) is 0 Å². The Morgan fingerprint density at radius 3 is 1.94 bits per heavy atom. The maximum absolute atomic E-state index is 5.20. The van der Waals surface area contributed by atoms with Crippen LogP contribution in [0.2, 0.25) is 0 Å². The third kappa shape index (κ3) is 2.64. The molecule has 2 aromatic heterocycles. The summed E-state index contributed by atoms with van der Waals surface area (Å²) in [5.41, 5.74) is 6.76. The molecule has 7 rings (SSSR count). The number of aromatic nitrogens is 2. The lowest BCUT2D eigenvalue weighted by molar-refractivity contribution is 1.18. The number of rotatable bonds is 2. The molecule has 0 unspecified atom stereocenters. The first-order valence-corrected chi connectivity index (χ1v) is 11.3. The first kappa shape index (κ1) is 18.2. The quantitative estimate of drug-likeness (QED) is 0.258. The molecule has 0 aliphatic rings. The Hall–Kier alpha value is -4.43. The fraction of sp³-hybridized carbons (Fsp3) is 0. The van der Waals surface area contributed by atoms with Gasteiger partial charge in [0, 0.05) is 32.8 Å². The lowest BCUT2D eigenvalue weighted by Gasteiger charge is -2.12. The highest BCUT2D eigenvalue weighted by Crippen LogP contribution is 2.42. The molecule has 0 amide bonds. The van der Waals surface area contributed by atoms with Crippen LogP contribution < -0.4 is 0 Å². The first-order valence-electron chi connectivity index (χ1n) is 11.3. The maximum Gasteiger partial charge on any atom is 0.0795 e. The number of pyridine rings is 1. The highest BCUT2D eigenvalue weighted by molar-refractivity contribution is 6.28. The molecule has 0 spiro atoms. The molecule has 0 fully saturated rings. The number of nitrogens with zero attached hydrogens (tertiary/aromatic N) is 2. The Labute approximate surface area is 191 Å². The molecule has 0 radical (unpaired) electrons. The van der Waals surface area contributed by atoms with E-state index >= 15 is 0 Å². The van der Waals surface area contributed by atoms with Crippen molar-refractivity contribution in [3.63, 3.8) is 0 Å². The number of benzene rings is 5. The Bertz CT molecular complexity index is 1800. The molecule has 0 saturated carbocycles. The zero-order valence-electron chi connectivity index (χ0n) is 17.9. The largest absolute Gasteiger partial charge is 0.309 e. The number of para-hydroxylation sites is 3. The Morgan fingerprint density at radius 1 is 0.455 bits per heavy atom. The highest BCUT2D eigenvalue weighted by atomic mass is 15.0. The molecule has 2 heteroatoms. The van der Waals surface area contributed by atoms with Crippen LogP contribution >= 0.6 is 0 Å². The van der Waals surface area contributed by atoms with Gasteiger partial charge in [0.05, 0.1) is 22.2 Å². The van der Waals surface area contributed by atoms with E-state index in [1.165, 1.54) is 38.0 Å².